The maximum Gasteiger partial charge on any atom is 0.0195 e. The standard InChI is InChI=1S/C16H26N2/c1-13-6-7-15(14(2)11-13)8-10-18(3)12-16-5-4-9-17-16/h6-7,11,16-17H,4-5,8-10,12H2,1-3H3. The first-order valence-electron chi connectivity index (χ1n) is 7.13. The summed E-state index contributed by atoms with van der Waals surface area (Å²) in [4.78, 5) is 2.46. The van der Waals surface area contributed by atoms with Crippen molar-refractivity contribution in [1.29, 1.82) is 0 Å². The lowest BCUT2D eigenvalue weighted by atomic mass is 10.0. The summed E-state index contributed by atoms with van der Waals surface area (Å²) in [6, 6.07) is 7.51. The molecule has 0 bridgehead atoms. The average Bonchev–Trinajstić information content (AvgIpc) is 2.80. The van der Waals surface area contributed by atoms with E-state index in [4.69, 9.17) is 0 Å². The van der Waals surface area contributed by atoms with E-state index in [0.29, 0.717) is 6.04 Å². The van der Waals surface area contributed by atoms with Crippen LogP contribution in [0, 0.1) is 13.8 Å². The number of benzene rings is 1. The zero-order chi connectivity index (χ0) is 13.0. The largest absolute Gasteiger partial charge is 0.313 e. The molecular formula is C16H26N2. The van der Waals surface area contributed by atoms with Gasteiger partial charge in [-0.25, -0.2) is 0 Å². The fraction of sp³-hybridized carbons (Fsp3) is 0.625. The SMILES string of the molecule is Cc1ccc(CCN(C)CC2CCCN2)c(C)c1. The predicted octanol–water partition coefficient (Wildman–Crippen LogP) is 2.53. The predicted molar refractivity (Wildman–Crippen MR) is 78.1 cm³/mol. The van der Waals surface area contributed by atoms with Crippen molar-refractivity contribution in [3.8, 4) is 0 Å². The summed E-state index contributed by atoms with van der Waals surface area (Å²) in [6.07, 6.45) is 3.85. The molecule has 1 aliphatic heterocycles. The van der Waals surface area contributed by atoms with Crippen LogP contribution in [0.5, 0.6) is 0 Å². The van der Waals surface area contributed by atoms with E-state index in [9.17, 15) is 0 Å². The van der Waals surface area contributed by atoms with Gasteiger partial charge in [-0.05, 0) is 57.8 Å². The second-order valence-electron chi connectivity index (χ2n) is 5.74. The number of rotatable bonds is 5. The minimum Gasteiger partial charge on any atom is -0.313 e. The number of hydrogen-bond donors (Lipinski definition) is 1. The Morgan fingerprint density at radius 1 is 1.33 bits per heavy atom. The van der Waals surface area contributed by atoms with Gasteiger partial charge >= 0.3 is 0 Å². The smallest absolute Gasteiger partial charge is 0.0195 e. The molecule has 2 rings (SSSR count). The molecule has 0 aromatic heterocycles. The van der Waals surface area contributed by atoms with E-state index >= 15 is 0 Å². The van der Waals surface area contributed by atoms with Crippen LogP contribution in [0.2, 0.25) is 0 Å². The molecule has 1 atom stereocenters. The Labute approximate surface area is 111 Å². The molecule has 1 aromatic carbocycles. The summed E-state index contributed by atoms with van der Waals surface area (Å²) in [6.45, 7) is 7.93. The van der Waals surface area contributed by atoms with E-state index in [-0.39, 0.29) is 0 Å². The summed E-state index contributed by atoms with van der Waals surface area (Å²) >= 11 is 0. The van der Waals surface area contributed by atoms with E-state index in [2.05, 4.69) is 49.3 Å². The van der Waals surface area contributed by atoms with Gasteiger partial charge in [-0.1, -0.05) is 23.8 Å². The van der Waals surface area contributed by atoms with Crippen LogP contribution in [0.25, 0.3) is 0 Å². The van der Waals surface area contributed by atoms with Crippen LogP contribution in [0.4, 0.5) is 0 Å². The third kappa shape index (κ3) is 3.82. The fourth-order valence-corrected chi connectivity index (χ4v) is 2.82. The first-order chi connectivity index (χ1) is 8.65. The monoisotopic (exact) mass is 246 g/mol. The molecule has 1 N–H and O–H groups in total. The second-order valence-corrected chi connectivity index (χ2v) is 5.74. The minimum atomic E-state index is 0.717. The molecule has 0 spiro atoms. The Bertz CT molecular complexity index is 381. The van der Waals surface area contributed by atoms with Crippen LogP contribution in [-0.4, -0.2) is 37.6 Å². The van der Waals surface area contributed by atoms with Crippen LogP contribution in [0.1, 0.15) is 29.5 Å². The quantitative estimate of drug-likeness (QED) is 0.859. The highest BCUT2D eigenvalue weighted by Gasteiger charge is 2.15. The number of nitrogens with zero attached hydrogens (tertiary/aromatic N) is 1. The van der Waals surface area contributed by atoms with Crippen molar-refractivity contribution in [3.05, 3.63) is 34.9 Å². The van der Waals surface area contributed by atoms with Crippen molar-refractivity contribution in [1.82, 2.24) is 10.2 Å². The highest BCUT2D eigenvalue weighted by molar-refractivity contribution is 5.30. The molecule has 100 valence electrons. The molecule has 18 heavy (non-hydrogen) atoms. The van der Waals surface area contributed by atoms with Gasteiger partial charge in [0.1, 0.15) is 0 Å². The van der Waals surface area contributed by atoms with E-state index < -0.39 is 0 Å². The highest BCUT2D eigenvalue weighted by Crippen LogP contribution is 2.12. The van der Waals surface area contributed by atoms with Crippen molar-refractivity contribution >= 4 is 0 Å². The summed E-state index contributed by atoms with van der Waals surface area (Å²) < 4.78 is 0. The van der Waals surface area contributed by atoms with Gasteiger partial charge in [-0.3, -0.25) is 0 Å². The Morgan fingerprint density at radius 2 is 2.17 bits per heavy atom. The summed E-state index contributed by atoms with van der Waals surface area (Å²) in [5.74, 6) is 0. The Hall–Kier alpha value is -0.860. The van der Waals surface area contributed by atoms with Crippen molar-refractivity contribution in [3.63, 3.8) is 0 Å². The molecule has 2 heteroatoms. The Kier molecular flexibility index (Phi) is 4.79. The second kappa shape index (κ2) is 6.35. The molecule has 1 aromatic rings. The van der Waals surface area contributed by atoms with E-state index in [1.807, 2.05) is 0 Å². The van der Waals surface area contributed by atoms with Crippen LogP contribution in [0.15, 0.2) is 18.2 Å². The highest BCUT2D eigenvalue weighted by atomic mass is 15.1. The molecule has 0 radical (unpaired) electrons. The maximum atomic E-state index is 3.56. The molecule has 0 amide bonds. The van der Waals surface area contributed by atoms with Gasteiger partial charge < -0.3 is 10.2 Å². The number of hydrogen-bond acceptors (Lipinski definition) is 2. The van der Waals surface area contributed by atoms with Gasteiger partial charge in [0.05, 0.1) is 0 Å². The average molecular weight is 246 g/mol. The topological polar surface area (TPSA) is 15.3 Å². The van der Waals surface area contributed by atoms with Gasteiger partial charge in [0.15, 0.2) is 0 Å². The Balaban J connectivity index is 1.79. The molecular weight excluding hydrogens is 220 g/mol. The van der Waals surface area contributed by atoms with Gasteiger partial charge in [-0.15, -0.1) is 0 Å². The van der Waals surface area contributed by atoms with Crippen LogP contribution in [0.3, 0.4) is 0 Å². The van der Waals surface area contributed by atoms with Gasteiger partial charge in [0.2, 0.25) is 0 Å². The maximum absolute atomic E-state index is 3.56. The first kappa shape index (κ1) is 13.6. The van der Waals surface area contributed by atoms with Crippen LogP contribution < -0.4 is 5.32 Å². The normalized spacial score (nSPS) is 19.7. The van der Waals surface area contributed by atoms with E-state index in [1.54, 1.807) is 0 Å². The molecule has 1 heterocycles. The van der Waals surface area contributed by atoms with Crippen molar-refractivity contribution in [2.24, 2.45) is 0 Å². The Morgan fingerprint density at radius 3 is 2.83 bits per heavy atom. The summed E-state index contributed by atoms with van der Waals surface area (Å²) in [5.41, 5.74) is 4.29. The molecule has 1 saturated heterocycles. The zero-order valence-corrected chi connectivity index (χ0v) is 12.0. The molecule has 1 unspecified atom stereocenters. The van der Waals surface area contributed by atoms with E-state index in [0.717, 1.165) is 13.0 Å². The third-order valence-corrected chi connectivity index (χ3v) is 3.96. The molecule has 1 fully saturated rings. The van der Waals surface area contributed by atoms with Crippen LogP contribution >= 0.6 is 0 Å². The first-order valence-corrected chi connectivity index (χ1v) is 7.13. The minimum absolute atomic E-state index is 0.717. The molecule has 0 aliphatic carbocycles. The van der Waals surface area contributed by atoms with Crippen molar-refractivity contribution < 1.29 is 0 Å². The third-order valence-electron chi connectivity index (χ3n) is 3.96. The number of likely N-dealkylation sites (N-methyl/N-ethyl adjacent to an activating group) is 1. The van der Waals surface area contributed by atoms with Crippen molar-refractivity contribution in [2.45, 2.75) is 39.2 Å². The van der Waals surface area contributed by atoms with Crippen LogP contribution in [-0.2, 0) is 6.42 Å². The lowest BCUT2D eigenvalue weighted by Gasteiger charge is -2.21. The molecule has 0 saturated carbocycles. The molecule has 1 aliphatic rings. The van der Waals surface area contributed by atoms with Crippen molar-refractivity contribution in [2.75, 3.05) is 26.7 Å². The fourth-order valence-electron chi connectivity index (χ4n) is 2.82. The van der Waals surface area contributed by atoms with Gasteiger partial charge in [0.25, 0.3) is 0 Å². The van der Waals surface area contributed by atoms with Gasteiger partial charge in [0, 0.05) is 19.1 Å². The number of nitrogens with one attached hydrogen (secondary N) is 1. The van der Waals surface area contributed by atoms with Gasteiger partial charge in [-0.2, -0.15) is 0 Å². The summed E-state index contributed by atoms with van der Waals surface area (Å²) in [7, 11) is 2.24. The summed E-state index contributed by atoms with van der Waals surface area (Å²) in [5, 5.41) is 3.56. The number of aryl methyl sites for hydroxylation is 2. The zero-order valence-electron chi connectivity index (χ0n) is 12.0. The molecule has 2 nitrogen and oxygen atoms in total. The lowest BCUT2D eigenvalue weighted by molar-refractivity contribution is 0.303. The van der Waals surface area contributed by atoms with E-state index in [1.165, 1.54) is 42.6 Å². The lowest BCUT2D eigenvalue weighted by Crippen LogP contribution is -2.36.